The molecular formula is C7H15P. The molecule has 0 amide bonds. The van der Waals surface area contributed by atoms with E-state index in [1.165, 1.54) is 32.1 Å². The van der Waals surface area contributed by atoms with E-state index in [0.717, 1.165) is 0 Å². The first kappa shape index (κ1) is 6.55. The smallest absolute Gasteiger partial charge is 0.0150 e. The molecule has 0 heterocycles. The number of rotatable bonds is 2. The van der Waals surface area contributed by atoms with Gasteiger partial charge in [-0.2, -0.15) is 0 Å². The number of hydrogen-bond donors (Lipinski definition) is 0. The Kier molecular flexibility index (Phi) is 1.92. The van der Waals surface area contributed by atoms with E-state index in [-0.39, 0.29) is 0 Å². The van der Waals surface area contributed by atoms with Gasteiger partial charge >= 0.3 is 0 Å². The van der Waals surface area contributed by atoms with Gasteiger partial charge in [0.25, 0.3) is 0 Å². The molecule has 0 aliphatic heterocycles. The van der Waals surface area contributed by atoms with E-state index < -0.39 is 0 Å². The zero-order chi connectivity index (χ0) is 6.04. The van der Waals surface area contributed by atoms with E-state index in [1.54, 1.807) is 0 Å². The second kappa shape index (κ2) is 2.35. The molecule has 0 saturated heterocycles. The molecule has 1 aliphatic rings. The van der Waals surface area contributed by atoms with Gasteiger partial charge in [-0.05, 0) is 24.4 Å². The third-order valence-electron chi connectivity index (χ3n) is 2.10. The van der Waals surface area contributed by atoms with Crippen molar-refractivity contribution in [2.75, 3.05) is 0 Å². The van der Waals surface area contributed by atoms with Gasteiger partial charge in [0.05, 0.1) is 0 Å². The lowest BCUT2D eigenvalue weighted by Crippen LogP contribution is -2.28. The molecule has 1 rings (SSSR count). The van der Waals surface area contributed by atoms with Crippen LogP contribution in [0.2, 0.25) is 0 Å². The quantitative estimate of drug-likeness (QED) is 0.504. The Balaban J connectivity index is 2.20. The average Bonchev–Trinajstić information content (AvgIpc) is 1.64. The monoisotopic (exact) mass is 130 g/mol. The maximum Gasteiger partial charge on any atom is -0.0150 e. The van der Waals surface area contributed by atoms with Crippen LogP contribution in [0.15, 0.2) is 0 Å². The normalized spacial score (nSPS) is 24.8. The van der Waals surface area contributed by atoms with Gasteiger partial charge in [-0.15, -0.1) is 9.24 Å². The molecule has 8 heavy (non-hydrogen) atoms. The zero-order valence-electron chi connectivity index (χ0n) is 5.61. The Morgan fingerprint density at radius 2 is 2.12 bits per heavy atom. The van der Waals surface area contributed by atoms with Crippen LogP contribution in [0.25, 0.3) is 0 Å². The molecule has 0 nitrogen and oxygen atoms in total. The summed E-state index contributed by atoms with van der Waals surface area (Å²) in [7, 11) is 3.00. The van der Waals surface area contributed by atoms with Crippen molar-refractivity contribution in [2.24, 2.45) is 0 Å². The Labute approximate surface area is 54.3 Å². The summed E-state index contributed by atoms with van der Waals surface area (Å²) < 4.78 is 0. The molecule has 1 aliphatic carbocycles. The lowest BCUT2D eigenvalue weighted by Gasteiger charge is -2.37. The van der Waals surface area contributed by atoms with Crippen molar-refractivity contribution in [1.29, 1.82) is 0 Å². The van der Waals surface area contributed by atoms with E-state index in [1.807, 2.05) is 0 Å². The first-order valence-electron chi connectivity index (χ1n) is 3.56. The van der Waals surface area contributed by atoms with E-state index in [4.69, 9.17) is 0 Å². The van der Waals surface area contributed by atoms with Gasteiger partial charge in [-0.1, -0.05) is 19.8 Å². The fraction of sp³-hybridized carbons (Fsp3) is 1.00. The zero-order valence-corrected chi connectivity index (χ0v) is 6.77. The van der Waals surface area contributed by atoms with Crippen LogP contribution in [0.1, 0.15) is 39.0 Å². The summed E-state index contributed by atoms with van der Waals surface area (Å²) in [6.45, 7) is 2.27. The van der Waals surface area contributed by atoms with Crippen LogP contribution >= 0.6 is 9.24 Å². The van der Waals surface area contributed by atoms with E-state index >= 15 is 0 Å². The fourth-order valence-corrected chi connectivity index (χ4v) is 2.08. The highest BCUT2D eigenvalue weighted by atomic mass is 31.0. The topological polar surface area (TPSA) is 0 Å². The average molecular weight is 130 g/mol. The van der Waals surface area contributed by atoms with Crippen molar-refractivity contribution in [3.63, 3.8) is 0 Å². The van der Waals surface area contributed by atoms with Gasteiger partial charge in [0.15, 0.2) is 0 Å². The van der Waals surface area contributed by atoms with Crippen LogP contribution in [0.4, 0.5) is 0 Å². The van der Waals surface area contributed by atoms with E-state index in [2.05, 4.69) is 16.2 Å². The fourth-order valence-electron chi connectivity index (χ4n) is 1.38. The molecular weight excluding hydrogens is 115 g/mol. The predicted molar refractivity (Wildman–Crippen MR) is 41.2 cm³/mol. The van der Waals surface area contributed by atoms with E-state index in [0.29, 0.717) is 5.16 Å². The van der Waals surface area contributed by atoms with Crippen molar-refractivity contribution < 1.29 is 0 Å². The van der Waals surface area contributed by atoms with Gasteiger partial charge in [-0.25, -0.2) is 0 Å². The van der Waals surface area contributed by atoms with Crippen LogP contribution < -0.4 is 0 Å². The van der Waals surface area contributed by atoms with Gasteiger partial charge in [-0.3, -0.25) is 0 Å². The van der Waals surface area contributed by atoms with Gasteiger partial charge in [0, 0.05) is 0 Å². The Hall–Kier alpha value is 0.430. The second-order valence-corrected chi connectivity index (χ2v) is 4.19. The summed E-state index contributed by atoms with van der Waals surface area (Å²) >= 11 is 0. The molecule has 1 fully saturated rings. The summed E-state index contributed by atoms with van der Waals surface area (Å²) in [5, 5.41) is 0.689. The molecule has 1 unspecified atom stereocenters. The van der Waals surface area contributed by atoms with Crippen LogP contribution in [0.3, 0.4) is 0 Å². The Morgan fingerprint density at radius 3 is 2.25 bits per heavy atom. The molecule has 0 N–H and O–H groups in total. The van der Waals surface area contributed by atoms with Crippen molar-refractivity contribution in [3.05, 3.63) is 0 Å². The van der Waals surface area contributed by atoms with Crippen molar-refractivity contribution in [3.8, 4) is 0 Å². The molecule has 0 radical (unpaired) electrons. The Morgan fingerprint density at radius 1 is 1.50 bits per heavy atom. The van der Waals surface area contributed by atoms with Gasteiger partial charge in [0.1, 0.15) is 0 Å². The lowest BCUT2D eigenvalue weighted by molar-refractivity contribution is 0.338. The SMILES string of the molecule is CCCC1(P)CCC1. The first-order chi connectivity index (χ1) is 3.77. The summed E-state index contributed by atoms with van der Waals surface area (Å²) in [6, 6.07) is 0. The third kappa shape index (κ3) is 1.23. The highest BCUT2D eigenvalue weighted by Crippen LogP contribution is 2.43. The van der Waals surface area contributed by atoms with Gasteiger partial charge in [0.2, 0.25) is 0 Å². The second-order valence-electron chi connectivity index (χ2n) is 2.97. The molecule has 1 heteroatoms. The maximum absolute atomic E-state index is 3.00. The molecule has 0 aromatic heterocycles. The molecule has 1 atom stereocenters. The summed E-state index contributed by atoms with van der Waals surface area (Å²) in [6.07, 6.45) is 7.13. The minimum atomic E-state index is 0.689. The number of hydrogen-bond acceptors (Lipinski definition) is 0. The van der Waals surface area contributed by atoms with Crippen LogP contribution in [0, 0.1) is 0 Å². The summed E-state index contributed by atoms with van der Waals surface area (Å²) in [5.41, 5.74) is 0. The van der Waals surface area contributed by atoms with Crippen LogP contribution in [-0.4, -0.2) is 5.16 Å². The van der Waals surface area contributed by atoms with Crippen molar-refractivity contribution in [2.45, 2.75) is 44.2 Å². The third-order valence-corrected chi connectivity index (χ3v) is 2.96. The predicted octanol–water partition coefficient (Wildman–Crippen LogP) is 2.58. The largest absolute Gasteiger partial charge is 0.131 e. The molecule has 1 saturated carbocycles. The molecule has 0 bridgehead atoms. The van der Waals surface area contributed by atoms with Crippen molar-refractivity contribution >= 4 is 9.24 Å². The van der Waals surface area contributed by atoms with Crippen LogP contribution in [0.5, 0.6) is 0 Å². The summed E-state index contributed by atoms with van der Waals surface area (Å²) in [5.74, 6) is 0. The van der Waals surface area contributed by atoms with Gasteiger partial charge < -0.3 is 0 Å². The first-order valence-corrected chi connectivity index (χ1v) is 4.13. The Bertz CT molecular complexity index is 74.5. The van der Waals surface area contributed by atoms with Crippen LogP contribution in [-0.2, 0) is 0 Å². The summed E-state index contributed by atoms with van der Waals surface area (Å²) in [4.78, 5) is 0. The van der Waals surface area contributed by atoms with Crippen molar-refractivity contribution in [1.82, 2.24) is 0 Å². The standard InChI is InChI=1S/C7H15P/c1-2-4-7(8)5-3-6-7/h2-6,8H2,1H3. The minimum absolute atomic E-state index is 0.689. The lowest BCUT2D eigenvalue weighted by atomic mass is 9.81. The molecule has 0 aromatic carbocycles. The van der Waals surface area contributed by atoms with E-state index in [9.17, 15) is 0 Å². The maximum atomic E-state index is 3.00. The highest BCUT2D eigenvalue weighted by molar-refractivity contribution is 7.19. The molecule has 48 valence electrons. The highest BCUT2D eigenvalue weighted by Gasteiger charge is 2.30. The molecule has 0 spiro atoms. The molecule has 0 aromatic rings. The minimum Gasteiger partial charge on any atom is -0.131 e.